The molecule has 13 heavy (non-hydrogen) atoms. The molecular weight excluding hydrogens is 186 g/mol. The van der Waals surface area contributed by atoms with E-state index in [4.69, 9.17) is 0 Å². The summed E-state index contributed by atoms with van der Waals surface area (Å²) in [6, 6.07) is 0.184. The Kier molecular flexibility index (Phi) is 3.02. The number of rotatable bonds is 2. The van der Waals surface area contributed by atoms with Gasteiger partial charge in [0.1, 0.15) is 0 Å². The van der Waals surface area contributed by atoms with Gasteiger partial charge in [0.25, 0.3) is 0 Å². The average Bonchev–Trinajstić information content (AvgIpc) is 2.35. The zero-order chi connectivity index (χ0) is 10.1. The van der Waals surface area contributed by atoms with Crippen molar-refractivity contribution in [1.82, 2.24) is 4.72 Å². The van der Waals surface area contributed by atoms with Crippen LogP contribution in [0.4, 0.5) is 0 Å². The molecule has 1 rings (SSSR count). The highest BCUT2D eigenvalue weighted by Gasteiger charge is 2.31. The highest BCUT2D eigenvalue weighted by Crippen LogP contribution is 2.21. The molecule has 78 valence electrons. The highest BCUT2D eigenvalue weighted by atomic mass is 32.2. The number of hydrogen-bond acceptors (Lipinski definition) is 2. The van der Waals surface area contributed by atoms with Crippen LogP contribution in [0.1, 0.15) is 46.5 Å². The lowest BCUT2D eigenvalue weighted by Crippen LogP contribution is -2.43. The van der Waals surface area contributed by atoms with E-state index in [0.29, 0.717) is 0 Å². The first-order chi connectivity index (χ1) is 5.83. The standard InChI is InChI=1S/C9H19NO2S/c1-9(2,3)13(11,12)10-8-6-4-5-7-8/h8,10H,4-7H2,1-3H3. The topological polar surface area (TPSA) is 46.2 Å². The second-order valence-corrected chi connectivity index (χ2v) is 7.18. The van der Waals surface area contributed by atoms with Crippen LogP contribution in [0.25, 0.3) is 0 Å². The van der Waals surface area contributed by atoms with Crippen LogP contribution in [0.5, 0.6) is 0 Å². The zero-order valence-electron chi connectivity index (χ0n) is 8.63. The number of nitrogens with one attached hydrogen (secondary N) is 1. The van der Waals surface area contributed by atoms with Crippen LogP contribution in [0, 0.1) is 0 Å². The Morgan fingerprint density at radius 1 is 1.15 bits per heavy atom. The molecule has 0 aliphatic heterocycles. The van der Waals surface area contributed by atoms with E-state index in [1.165, 1.54) is 0 Å². The van der Waals surface area contributed by atoms with Crippen molar-refractivity contribution in [3.05, 3.63) is 0 Å². The molecule has 1 N–H and O–H groups in total. The molecule has 1 saturated carbocycles. The third kappa shape index (κ3) is 2.68. The number of hydrogen-bond donors (Lipinski definition) is 1. The van der Waals surface area contributed by atoms with Crippen molar-refractivity contribution >= 4 is 10.0 Å². The smallest absolute Gasteiger partial charge is 0.212 e. The Labute approximate surface area is 81.0 Å². The Morgan fingerprint density at radius 3 is 2.00 bits per heavy atom. The van der Waals surface area contributed by atoms with Crippen LogP contribution in [-0.2, 0) is 10.0 Å². The summed E-state index contributed by atoms with van der Waals surface area (Å²) >= 11 is 0. The molecule has 0 atom stereocenters. The van der Waals surface area contributed by atoms with Crippen LogP contribution in [0.2, 0.25) is 0 Å². The summed E-state index contributed by atoms with van der Waals surface area (Å²) in [5, 5.41) is 0. The average molecular weight is 205 g/mol. The second-order valence-electron chi connectivity index (χ2n) is 4.72. The van der Waals surface area contributed by atoms with E-state index in [1.807, 2.05) is 0 Å². The molecule has 1 aliphatic rings. The summed E-state index contributed by atoms with van der Waals surface area (Å²) < 4.78 is 25.5. The molecule has 0 radical (unpaired) electrons. The van der Waals surface area contributed by atoms with Gasteiger partial charge in [-0.25, -0.2) is 13.1 Å². The van der Waals surface area contributed by atoms with E-state index in [2.05, 4.69) is 4.72 Å². The third-order valence-electron chi connectivity index (χ3n) is 2.48. The largest absolute Gasteiger partial charge is 0.216 e. The Morgan fingerprint density at radius 2 is 1.62 bits per heavy atom. The monoisotopic (exact) mass is 205 g/mol. The maximum atomic E-state index is 11.7. The third-order valence-corrected chi connectivity index (χ3v) is 4.74. The molecule has 3 nitrogen and oxygen atoms in total. The molecule has 0 aromatic heterocycles. The Hall–Kier alpha value is -0.0900. The summed E-state index contributed by atoms with van der Waals surface area (Å²) in [6.07, 6.45) is 4.29. The van der Waals surface area contributed by atoms with Gasteiger partial charge in [0.15, 0.2) is 0 Å². The van der Waals surface area contributed by atoms with Crippen LogP contribution in [0.15, 0.2) is 0 Å². The summed E-state index contributed by atoms with van der Waals surface area (Å²) in [5.41, 5.74) is 0. The quantitative estimate of drug-likeness (QED) is 0.745. The fourth-order valence-corrected chi connectivity index (χ4v) is 2.47. The van der Waals surface area contributed by atoms with E-state index < -0.39 is 14.8 Å². The maximum absolute atomic E-state index is 11.7. The first-order valence-electron chi connectivity index (χ1n) is 4.85. The predicted molar refractivity (Wildman–Crippen MR) is 54.1 cm³/mol. The number of sulfonamides is 1. The molecule has 0 heterocycles. The van der Waals surface area contributed by atoms with Crippen LogP contribution >= 0.6 is 0 Å². The molecule has 1 fully saturated rings. The van der Waals surface area contributed by atoms with Gasteiger partial charge in [-0.15, -0.1) is 0 Å². The minimum atomic E-state index is -3.13. The van der Waals surface area contributed by atoms with E-state index >= 15 is 0 Å². The van der Waals surface area contributed by atoms with Gasteiger partial charge in [0.05, 0.1) is 4.75 Å². The molecule has 0 aromatic rings. The van der Waals surface area contributed by atoms with Gasteiger partial charge >= 0.3 is 0 Å². The normalized spacial score (nSPS) is 20.8. The van der Waals surface area contributed by atoms with Crippen LogP contribution < -0.4 is 4.72 Å². The second kappa shape index (κ2) is 3.58. The fraction of sp³-hybridized carbons (Fsp3) is 1.00. The lowest BCUT2D eigenvalue weighted by molar-refractivity contribution is 0.521. The van der Waals surface area contributed by atoms with Gasteiger partial charge in [-0.05, 0) is 33.6 Å². The fourth-order valence-electron chi connectivity index (χ4n) is 1.44. The van der Waals surface area contributed by atoms with E-state index in [9.17, 15) is 8.42 Å². The van der Waals surface area contributed by atoms with Gasteiger partial charge in [-0.3, -0.25) is 0 Å². The first-order valence-corrected chi connectivity index (χ1v) is 6.33. The minimum absolute atomic E-state index is 0.184. The molecule has 0 unspecified atom stereocenters. The summed E-state index contributed by atoms with van der Waals surface area (Å²) in [4.78, 5) is 0. The van der Waals surface area contributed by atoms with E-state index in [1.54, 1.807) is 20.8 Å². The SMILES string of the molecule is CC(C)(C)S(=O)(=O)NC1CCCC1. The van der Waals surface area contributed by atoms with Crippen molar-refractivity contribution < 1.29 is 8.42 Å². The summed E-state index contributed by atoms with van der Waals surface area (Å²) in [5.74, 6) is 0. The summed E-state index contributed by atoms with van der Waals surface area (Å²) in [7, 11) is -3.13. The molecule has 0 spiro atoms. The van der Waals surface area contributed by atoms with Crippen molar-refractivity contribution in [3.8, 4) is 0 Å². The van der Waals surface area contributed by atoms with E-state index in [0.717, 1.165) is 25.7 Å². The van der Waals surface area contributed by atoms with Crippen molar-refractivity contribution in [2.24, 2.45) is 0 Å². The van der Waals surface area contributed by atoms with Gasteiger partial charge in [-0.1, -0.05) is 12.8 Å². The summed E-state index contributed by atoms with van der Waals surface area (Å²) in [6.45, 7) is 5.18. The van der Waals surface area contributed by atoms with E-state index in [-0.39, 0.29) is 6.04 Å². The van der Waals surface area contributed by atoms with Gasteiger partial charge in [0, 0.05) is 6.04 Å². The lowest BCUT2D eigenvalue weighted by atomic mass is 10.3. The van der Waals surface area contributed by atoms with Gasteiger partial charge < -0.3 is 0 Å². The van der Waals surface area contributed by atoms with Crippen molar-refractivity contribution in [1.29, 1.82) is 0 Å². The van der Waals surface area contributed by atoms with Crippen LogP contribution in [0.3, 0.4) is 0 Å². The molecule has 1 aliphatic carbocycles. The van der Waals surface area contributed by atoms with Gasteiger partial charge in [-0.2, -0.15) is 0 Å². The highest BCUT2D eigenvalue weighted by molar-refractivity contribution is 7.90. The van der Waals surface area contributed by atoms with Crippen molar-refractivity contribution in [2.75, 3.05) is 0 Å². The van der Waals surface area contributed by atoms with Crippen LogP contribution in [-0.4, -0.2) is 19.2 Å². The first kappa shape index (κ1) is 11.0. The molecular formula is C9H19NO2S. The van der Waals surface area contributed by atoms with Crippen molar-refractivity contribution in [3.63, 3.8) is 0 Å². The van der Waals surface area contributed by atoms with Gasteiger partial charge in [0.2, 0.25) is 10.0 Å². The van der Waals surface area contributed by atoms with Crippen molar-refractivity contribution in [2.45, 2.75) is 57.2 Å². The maximum Gasteiger partial charge on any atom is 0.216 e. The predicted octanol–water partition coefficient (Wildman–Crippen LogP) is 1.65. The zero-order valence-corrected chi connectivity index (χ0v) is 9.45. The molecule has 0 saturated heterocycles. The Bertz CT molecular complexity index is 258. The Balaban J connectivity index is 2.62. The molecule has 4 heteroatoms. The minimum Gasteiger partial charge on any atom is -0.212 e. The lowest BCUT2D eigenvalue weighted by Gasteiger charge is -2.22. The molecule has 0 amide bonds. The molecule has 0 bridgehead atoms. The molecule has 0 aromatic carbocycles.